The first-order chi connectivity index (χ1) is 14.4. The second-order valence-corrected chi connectivity index (χ2v) is 7.79. The standard InChI is InChI=1S/C17H18N6O6S/c18-15-12-16(20-7-19-15)22(8-21-12)17(14(26)13(25)11(5-24)29-17)30-6-9-3-1-2-4-10(9)23(27)28/h1-4,7-8,11,13-14,24-26H,5-6H2,(H2,18,19,20)/t11-,13-,14-,17+/m1/s1. The minimum absolute atomic E-state index is 0.0549. The normalized spacial score (nSPS) is 26.3. The van der Waals surface area contributed by atoms with Crippen LogP contribution in [0.3, 0.4) is 0 Å². The summed E-state index contributed by atoms with van der Waals surface area (Å²) in [6, 6.07) is 6.18. The number of nitrogens with two attached hydrogens (primary N) is 1. The van der Waals surface area contributed by atoms with Crippen LogP contribution in [0.25, 0.3) is 11.2 Å². The Morgan fingerprint density at radius 1 is 1.30 bits per heavy atom. The fraction of sp³-hybridized carbons (Fsp3) is 0.353. The molecule has 158 valence electrons. The summed E-state index contributed by atoms with van der Waals surface area (Å²) in [6.07, 6.45) is -1.45. The van der Waals surface area contributed by atoms with E-state index >= 15 is 0 Å². The predicted molar refractivity (Wildman–Crippen MR) is 106 cm³/mol. The Hall–Kier alpha value is -2.84. The molecule has 30 heavy (non-hydrogen) atoms. The summed E-state index contributed by atoms with van der Waals surface area (Å²) in [5.74, 6) is 0.170. The van der Waals surface area contributed by atoms with Crippen molar-refractivity contribution in [3.05, 3.63) is 52.6 Å². The first-order valence-corrected chi connectivity index (χ1v) is 9.82. The zero-order chi connectivity index (χ0) is 21.5. The van der Waals surface area contributed by atoms with E-state index in [-0.39, 0.29) is 28.4 Å². The van der Waals surface area contributed by atoms with E-state index in [1.807, 2.05) is 0 Å². The second-order valence-electron chi connectivity index (χ2n) is 6.63. The summed E-state index contributed by atoms with van der Waals surface area (Å²) >= 11 is 1.000. The molecule has 0 spiro atoms. The highest BCUT2D eigenvalue weighted by molar-refractivity contribution is 7.99. The quantitative estimate of drug-likeness (QED) is 0.302. The molecule has 1 aliphatic heterocycles. The SMILES string of the molecule is Nc1ncnc2c1ncn2[C@]1(SCc2ccccc2[N+](=O)[O-])O[C@H](CO)[C@@H](O)[C@H]1O. The number of aliphatic hydroxyl groups is 3. The molecule has 2 aromatic heterocycles. The van der Waals surface area contributed by atoms with Gasteiger partial charge in [0, 0.05) is 17.4 Å². The fourth-order valence-electron chi connectivity index (χ4n) is 3.38. The number of imidazole rings is 1. The predicted octanol–water partition coefficient (Wildman–Crippen LogP) is -0.0267. The Kier molecular flexibility index (Phi) is 5.29. The monoisotopic (exact) mass is 434 g/mol. The van der Waals surface area contributed by atoms with E-state index in [2.05, 4.69) is 15.0 Å². The lowest BCUT2D eigenvalue weighted by molar-refractivity contribution is -0.385. The van der Waals surface area contributed by atoms with Crippen molar-refractivity contribution < 1.29 is 25.0 Å². The third-order valence-corrected chi connectivity index (χ3v) is 6.30. The number of aliphatic hydroxyl groups excluding tert-OH is 3. The smallest absolute Gasteiger partial charge is 0.273 e. The van der Waals surface area contributed by atoms with E-state index in [4.69, 9.17) is 10.5 Å². The van der Waals surface area contributed by atoms with Crippen molar-refractivity contribution in [2.75, 3.05) is 12.3 Å². The van der Waals surface area contributed by atoms with Gasteiger partial charge in [0.15, 0.2) is 11.5 Å². The number of hydrogen-bond donors (Lipinski definition) is 4. The molecule has 0 amide bonds. The number of nitro benzene ring substituents is 1. The largest absolute Gasteiger partial charge is 0.394 e. The number of para-hydroxylation sites is 1. The molecule has 0 unspecified atom stereocenters. The van der Waals surface area contributed by atoms with E-state index in [9.17, 15) is 25.4 Å². The van der Waals surface area contributed by atoms with Crippen LogP contribution in [-0.2, 0) is 15.5 Å². The highest BCUT2D eigenvalue weighted by atomic mass is 32.2. The summed E-state index contributed by atoms with van der Waals surface area (Å²) < 4.78 is 7.29. The zero-order valence-corrected chi connectivity index (χ0v) is 16.2. The van der Waals surface area contributed by atoms with E-state index in [0.29, 0.717) is 5.56 Å². The van der Waals surface area contributed by atoms with Gasteiger partial charge in [0.2, 0.25) is 5.06 Å². The number of fused-ring (bicyclic) bond motifs is 1. The van der Waals surface area contributed by atoms with E-state index in [0.717, 1.165) is 11.8 Å². The lowest BCUT2D eigenvalue weighted by Crippen LogP contribution is -2.43. The van der Waals surface area contributed by atoms with Crippen molar-refractivity contribution in [1.29, 1.82) is 0 Å². The molecular formula is C17H18N6O6S. The molecule has 0 radical (unpaired) electrons. The summed E-state index contributed by atoms with van der Waals surface area (Å²) in [5, 5.41) is 40.6. The van der Waals surface area contributed by atoms with Gasteiger partial charge in [0.05, 0.1) is 11.5 Å². The molecular weight excluding hydrogens is 416 g/mol. The molecule has 0 saturated carbocycles. The van der Waals surface area contributed by atoms with Gasteiger partial charge < -0.3 is 25.8 Å². The van der Waals surface area contributed by atoms with Crippen LogP contribution >= 0.6 is 11.8 Å². The topological polar surface area (TPSA) is 183 Å². The maximum Gasteiger partial charge on any atom is 0.273 e. The lowest BCUT2D eigenvalue weighted by Gasteiger charge is -2.32. The molecule has 4 rings (SSSR count). The van der Waals surface area contributed by atoms with Gasteiger partial charge in [-0.3, -0.25) is 14.7 Å². The Morgan fingerprint density at radius 3 is 2.77 bits per heavy atom. The van der Waals surface area contributed by atoms with Crippen LogP contribution in [0.5, 0.6) is 0 Å². The van der Waals surface area contributed by atoms with Crippen LogP contribution in [0.15, 0.2) is 36.9 Å². The summed E-state index contributed by atoms with van der Waals surface area (Å²) in [6.45, 7) is -0.546. The molecule has 1 aliphatic rings. The van der Waals surface area contributed by atoms with Crippen LogP contribution in [0.2, 0.25) is 0 Å². The number of rotatable bonds is 6. The molecule has 3 aromatic rings. The van der Waals surface area contributed by atoms with Crippen LogP contribution < -0.4 is 5.73 Å². The van der Waals surface area contributed by atoms with Crippen molar-refractivity contribution >= 4 is 34.4 Å². The van der Waals surface area contributed by atoms with Gasteiger partial charge in [-0.2, -0.15) is 0 Å². The van der Waals surface area contributed by atoms with Crippen LogP contribution in [-0.4, -0.2) is 64.7 Å². The average Bonchev–Trinajstić information content (AvgIpc) is 3.28. The first kappa shape index (κ1) is 20.4. The third-order valence-electron chi connectivity index (χ3n) is 4.90. The van der Waals surface area contributed by atoms with Crippen LogP contribution in [0.1, 0.15) is 5.56 Å². The molecule has 1 fully saturated rings. The molecule has 1 aromatic carbocycles. The maximum absolute atomic E-state index is 11.3. The van der Waals surface area contributed by atoms with Gasteiger partial charge in [-0.25, -0.2) is 15.0 Å². The van der Waals surface area contributed by atoms with E-state index in [1.54, 1.807) is 18.2 Å². The third kappa shape index (κ3) is 3.16. The molecule has 0 aliphatic carbocycles. The van der Waals surface area contributed by atoms with Crippen LogP contribution in [0, 0.1) is 10.1 Å². The Bertz CT molecular complexity index is 1100. The summed E-state index contributed by atoms with van der Waals surface area (Å²) in [5.41, 5.74) is 6.65. The highest BCUT2D eigenvalue weighted by Gasteiger charge is 2.56. The summed E-state index contributed by atoms with van der Waals surface area (Å²) in [7, 11) is 0. The number of nitrogen functional groups attached to an aromatic ring is 1. The van der Waals surface area contributed by atoms with Crippen molar-refractivity contribution in [2.24, 2.45) is 0 Å². The van der Waals surface area contributed by atoms with Gasteiger partial charge in [-0.15, -0.1) is 0 Å². The Labute approximate surface area is 173 Å². The van der Waals surface area contributed by atoms with Crippen molar-refractivity contribution in [1.82, 2.24) is 19.5 Å². The maximum atomic E-state index is 11.3. The molecule has 4 atom stereocenters. The number of nitrogens with zero attached hydrogens (tertiary/aromatic N) is 5. The zero-order valence-electron chi connectivity index (χ0n) is 15.4. The van der Waals surface area contributed by atoms with Crippen molar-refractivity contribution in [3.8, 4) is 0 Å². The van der Waals surface area contributed by atoms with Crippen molar-refractivity contribution in [2.45, 2.75) is 29.1 Å². The van der Waals surface area contributed by atoms with Gasteiger partial charge in [-0.05, 0) is 0 Å². The van der Waals surface area contributed by atoms with Crippen molar-refractivity contribution in [3.63, 3.8) is 0 Å². The average molecular weight is 434 g/mol. The fourth-order valence-corrected chi connectivity index (χ4v) is 4.76. The van der Waals surface area contributed by atoms with Gasteiger partial charge in [0.25, 0.3) is 5.69 Å². The van der Waals surface area contributed by atoms with Gasteiger partial charge in [-0.1, -0.05) is 30.0 Å². The number of thioether (sulfide) groups is 1. The van der Waals surface area contributed by atoms with Gasteiger partial charge in [0.1, 0.15) is 36.5 Å². The molecule has 3 heterocycles. The molecule has 5 N–H and O–H groups in total. The number of aromatic nitrogens is 4. The molecule has 1 saturated heterocycles. The van der Waals surface area contributed by atoms with E-state index < -0.39 is 34.9 Å². The first-order valence-electron chi connectivity index (χ1n) is 8.84. The molecule has 12 nitrogen and oxygen atoms in total. The Morgan fingerprint density at radius 2 is 2.07 bits per heavy atom. The van der Waals surface area contributed by atoms with Crippen LogP contribution in [0.4, 0.5) is 11.5 Å². The molecule has 13 heteroatoms. The number of nitro groups is 1. The van der Waals surface area contributed by atoms with E-state index in [1.165, 1.54) is 23.3 Å². The molecule has 0 bridgehead atoms. The number of benzene rings is 1. The van der Waals surface area contributed by atoms with Gasteiger partial charge >= 0.3 is 0 Å². The number of ether oxygens (including phenoxy) is 1. The number of hydrogen-bond acceptors (Lipinski definition) is 11. The summed E-state index contributed by atoms with van der Waals surface area (Å²) in [4.78, 5) is 23.1. The minimum Gasteiger partial charge on any atom is -0.394 e. The number of anilines is 1. The lowest BCUT2D eigenvalue weighted by atomic mass is 10.1. The minimum atomic E-state index is -1.67. The Balaban J connectivity index is 1.80. The highest BCUT2D eigenvalue weighted by Crippen LogP contribution is 2.47. The second kappa shape index (κ2) is 7.77.